The highest BCUT2D eigenvalue weighted by atomic mass is 35.5. The molecule has 0 aliphatic rings. The van der Waals surface area contributed by atoms with E-state index in [1.54, 1.807) is 25.3 Å². The number of benzene rings is 1. The zero-order valence-electron chi connectivity index (χ0n) is 9.60. The summed E-state index contributed by atoms with van der Waals surface area (Å²) in [5.74, 6) is 0. The van der Waals surface area contributed by atoms with Crippen LogP contribution in [0.4, 0.5) is 0 Å². The Morgan fingerprint density at radius 2 is 1.88 bits per heavy atom. The highest BCUT2D eigenvalue weighted by molar-refractivity contribution is 6.30. The van der Waals surface area contributed by atoms with E-state index in [1.807, 2.05) is 30.3 Å². The number of rotatable bonds is 3. The topological polar surface area (TPSA) is 33.1 Å². The van der Waals surface area contributed by atoms with Gasteiger partial charge in [0.15, 0.2) is 0 Å². The fourth-order valence-corrected chi connectivity index (χ4v) is 1.89. The molecule has 1 heterocycles. The van der Waals surface area contributed by atoms with Gasteiger partial charge < -0.3 is 5.11 Å². The highest BCUT2D eigenvalue weighted by Crippen LogP contribution is 2.25. The SMILES string of the molecule is C[C@@](O)(Cc1ccccn1)c1ccc(Cl)cc1. The van der Waals surface area contributed by atoms with E-state index >= 15 is 0 Å². The second kappa shape index (κ2) is 4.86. The lowest BCUT2D eigenvalue weighted by Gasteiger charge is -2.23. The molecule has 88 valence electrons. The van der Waals surface area contributed by atoms with E-state index in [2.05, 4.69) is 4.98 Å². The van der Waals surface area contributed by atoms with Crippen LogP contribution in [0.25, 0.3) is 0 Å². The predicted octanol–water partition coefficient (Wildman–Crippen LogP) is 3.19. The third-order valence-electron chi connectivity index (χ3n) is 2.72. The maximum Gasteiger partial charge on any atom is 0.0923 e. The normalized spacial score (nSPS) is 14.3. The summed E-state index contributed by atoms with van der Waals surface area (Å²) in [5.41, 5.74) is 0.777. The van der Waals surface area contributed by atoms with E-state index in [0.717, 1.165) is 11.3 Å². The molecule has 0 radical (unpaired) electrons. The average Bonchev–Trinajstić information content (AvgIpc) is 2.30. The van der Waals surface area contributed by atoms with Crippen LogP contribution in [0, 0.1) is 0 Å². The summed E-state index contributed by atoms with van der Waals surface area (Å²) in [4.78, 5) is 4.22. The number of pyridine rings is 1. The zero-order valence-corrected chi connectivity index (χ0v) is 10.4. The Balaban J connectivity index is 2.21. The minimum absolute atomic E-state index is 0.482. The largest absolute Gasteiger partial charge is 0.385 e. The zero-order chi connectivity index (χ0) is 12.3. The molecule has 1 aromatic carbocycles. The van der Waals surface area contributed by atoms with E-state index in [9.17, 15) is 5.11 Å². The summed E-state index contributed by atoms with van der Waals surface area (Å²) in [5, 5.41) is 11.1. The third-order valence-corrected chi connectivity index (χ3v) is 2.97. The number of aliphatic hydroxyl groups is 1. The molecule has 0 spiro atoms. The van der Waals surface area contributed by atoms with Crippen molar-refractivity contribution in [3.63, 3.8) is 0 Å². The number of halogens is 1. The van der Waals surface area contributed by atoms with Gasteiger partial charge in [-0.25, -0.2) is 0 Å². The van der Waals surface area contributed by atoms with Gasteiger partial charge in [-0.2, -0.15) is 0 Å². The standard InChI is InChI=1S/C14H14ClNO/c1-14(17,10-13-4-2-3-9-16-13)11-5-7-12(15)8-6-11/h2-9,17H,10H2,1H3/t14-/m1/s1. The molecular weight excluding hydrogens is 234 g/mol. The van der Waals surface area contributed by atoms with Crippen molar-refractivity contribution in [1.82, 2.24) is 4.98 Å². The molecular formula is C14H14ClNO. The number of aromatic nitrogens is 1. The van der Waals surface area contributed by atoms with Crippen LogP contribution in [-0.4, -0.2) is 10.1 Å². The lowest BCUT2D eigenvalue weighted by Crippen LogP contribution is -2.24. The second-order valence-electron chi connectivity index (χ2n) is 4.28. The van der Waals surface area contributed by atoms with Crippen molar-refractivity contribution < 1.29 is 5.11 Å². The van der Waals surface area contributed by atoms with Gasteiger partial charge in [0.1, 0.15) is 0 Å². The second-order valence-corrected chi connectivity index (χ2v) is 4.72. The Labute approximate surface area is 106 Å². The van der Waals surface area contributed by atoms with Crippen molar-refractivity contribution in [1.29, 1.82) is 0 Å². The van der Waals surface area contributed by atoms with E-state index in [1.165, 1.54) is 0 Å². The van der Waals surface area contributed by atoms with Crippen LogP contribution in [-0.2, 0) is 12.0 Å². The van der Waals surface area contributed by atoms with Crippen LogP contribution in [0.1, 0.15) is 18.2 Å². The minimum atomic E-state index is -0.932. The molecule has 3 heteroatoms. The number of nitrogens with zero attached hydrogens (tertiary/aromatic N) is 1. The molecule has 1 aromatic heterocycles. The van der Waals surface area contributed by atoms with E-state index in [0.29, 0.717) is 11.4 Å². The number of hydrogen-bond acceptors (Lipinski definition) is 2. The summed E-state index contributed by atoms with van der Waals surface area (Å²) in [6.45, 7) is 1.78. The summed E-state index contributed by atoms with van der Waals surface area (Å²) >= 11 is 5.83. The van der Waals surface area contributed by atoms with Crippen LogP contribution < -0.4 is 0 Å². The molecule has 2 rings (SSSR count). The van der Waals surface area contributed by atoms with Crippen molar-refractivity contribution in [3.05, 3.63) is 64.9 Å². The minimum Gasteiger partial charge on any atom is -0.385 e. The van der Waals surface area contributed by atoms with Crippen molar-refractivity contribution in [2.75, 3.05) is 0 Å². The Morgan fingerprint density at radius 3 is 2.47 bits per heavy atom. The fourth-order valence-electron chi connectivity index (χ4n) is 1.77. The first-order chi connectivity index (χ1) is 8.08. The van der Waals surface area contributed by atoms with E-state index < -0.39 is 5.60 Å². The molecule has 0 saturated carbocycles. The smallest absolute Gasteiger partial charge is 0.0923 e. The molecule has 2 nitrogen and oxygen atoms in total. The summed E-state index contributed by atoms with van der Waals surface area (Å²) in [6, 6.07) is 12.9. The molecule has 1 atom stereocenters. The number of hydrogen-bond donors (Lipinski definition) is 1. The van der Waals surface area contributed by atoms with E-state index in [4.69, 9.17) is 11.6 Å². The monoisotopic (exact) mass is 247 g/mol. The molecule has 1 N–H and O–H groups in total. The fraction of sp³-hybridized carbons (Fsp3) is 0.214. The highest BCUT2D eigenvalue weighted by Gasteiger charge is 2.23. The van der Waals surface area contributed by atoms with Gasteiger partial charge in [0, 0.05) is 23.3 Å². The molecule has 17 heavy (non-hydrogen) atoms. The van der Waals surface area contributed by atoms with Crippen LogP contribution in [0.15, 0.2) is 48.7 Å². The Bertz CT molecular complexity index is 479. The average molecular weight is 248 g/mol. The van der Waals surface area contributed by atoms with Gasteiger partial charge in [0.2, 0.25) is 0 Å². The van der Waals surface area contributed by atoms with Crippen molar-refractivity contribution in [3.8, 4) is 0 Å². The summed E-state index contributed by atoms with van der Waals surface area (Å²) in [6.07, 6.45) is 2.21. The molecule has 0 saturated heterocycles. The molecule has 0 aliphatic heterocycles. The first-order valence-electron chi connectivity index (χ1n) is 5.46. The van der Waals surface area contributed by atoms with Crippen molar-refractivity contribution in [2.45, 2.75) is 18.9 Å². The molecule has 0 bridgehead atoms. The summed E-state index contributed by atoms with van der Waals surface area (Å²) in [7, 11) is 0. The molecule has 0 unspecified atom stereocenters. The Hall–Kier alpha value is -1.38. The maximum atomic E-state index is 10.4. The van der Waals surface area contributed by atoms with Gasteiger partial charge in [-0.3, -0.25) is 4.98 Å². The van der Waals surface area contributed by atoms with Gasteiger partial charge >= 0.3 is 0 Å². The predicted molar refractivity (Wildman–Crippen MR) is 69.0 cm³/mol. The Kier molecular flexibility index (Phi) is 3.46. The lowest BCUT2D eigenvalue weighted by molar-refractivity contribution is 0.0566. The van der Waals surface area contributed by atoms with Crippen molar-refractivity contribution >= 4 is 11.6 Å². The molecule has 2 aromatic rings. The van der Waals surface area contributed by atoms with Crippen LogP contribution in [0.2, 0.25) is 5.02 Å². The first-order valence-corrected chi connectivity index (χ1v) is 5.84. The Morgan fingerprint density at radius 1 is 1.18 bits per heavy atom. The molecule has 0 amide bonds. The quantitative estimate of drug-likeness (QED) is 0.904. The van der Waals surface area contributed by atoms with Gasteiger partial charge in [0.05, 0.1) is 5.60 Å². The van der Waals surface area contributed by atoms with Crippen molar-refractivity contribution in [2.24, 2.45) is 0 Å². The van der Waals surface area contributed by atoms with Crippen LogP contribution in [0.3, 0.4) is 0 Å². The summed E-state index contributed by atoms with van der Waals surface area (Å²) < 4.78 is 0. The third kappa shape index (κ3) is 3.05. The van der Waals surface area contributed by atoms with Gasteiger partial charge in [-0.05, 0) is 36.8 Å². The van der Waals surface area contributed by atoms with Gasteiger partial charge in [-0.1, -0.05) is 29.8 Å². The van der Waals surface area contributed by atoms with Gasteiger partial charge in [-0.15, -0.1) is 0 Å². The van der Waals surface area contributed by atoms with E-state index in [-0.39, 0.29) is 0 Å². The van der Waals surface area contributed by atoms with Crippen LogP contribution >= 0.6 is 11.6 Å². The first kappa shape index (κ1) is 12.1. The maximum absolute atomic E-state index is 10.4. The lowest BCUT2D eigenvalue weighted by atomic mass is 9.91. The van der Waals surface area contributed by atoms with Gasteiger partial charge in [0.25, 0.3) is 0 Å². The molecule has 0 aliphatic carbocycles. The van der Waals surface area contributed by atoms with Crippen LogP contribution in [0.5, 0.6) is 0 Å². The molecule has 0 fully saturated rings.